The van der Waals surface area contributed by atoms with Crippen LogP contribution < -0.4 is 5.32 Å². The molecule has 0 aliphatic rings. The molecule has 1 aromatic rings. The molecule has 4 nitrogen and oxygen atoms in total. The van der Waals surface area contributed by atoms with Crippen molar-refractivity contribution in [1.82, 2.24) is 10.3 Å². The Kier molecular flexibility index (Phi) is 4.46. The number of aromatic nitrogens is 1. The maximum Gasteiger partial charge on any atom is 0.153 e. The molecule has 0 unspecified atom stereocenters. The first-order valence-electron chi connectivity index (χ1n) is 5.11. The van der Waals surface area contributed by atoms with Gasteiger partial charge in [0.25, 0.3) is 0 Å². The molecule has 16 heavy (non-hydrogen) atoms. The van der Waals surface area contributed by atoms with Gasteiger partial charge in [0.2, 0.25) is 0 Å². The lowest BCUT2D eigenvalue weighted by atomic mass is 10.2. The van der Waals surface area contributed by atoms with Gasteiger partial charge < -0.3 is 5.32 Å². The van der Waals surface area contributed by atoms with Gasteiger partial charge in [-0.2, -0.15) is 0 Å². The van der Waals surface area contributed by atoms with E-state index in [4.69, 9.17) is 0 Å². The molecule has 0 spiro atoms. The number of rotatable bonds is 6. The summed E-state index contributed by atoms with van der Waals surface area (Å²) in [4.78, 5) is 4.16. The summed E-state index contributed by atoms with van der Waals surface area (Å²) in [5.41, 5.74) is 0. The second-order valence-electron chi connectivity index (χ2n) is 4.38. The maximum absolute atomic E-state index is 11.4. The molecule has 0 saturated heterocycles. The average Bonchev–Trinajstić information content (AvgIpc) is 2.63. The molecule has 0 bridgehead atoms. The zero-order chi connectivity index (χ0) is 12.2. The third-order valence-corrected chi connectivity index (χ3v) is 5.54. The Morgan fingerprint density at radius 3 is 2.69 bits per heavy atom. The van der Waals surface area contributed by atoms with Gasteiger partial charge in [0.1, 0.15) is 0 Å². The molecule has 1 aromatic heterocycles. The number of thiazole rings is 1. The van der Waals surface area contributed by atoms with Crippen LogP contribution in [0.2, 0.25) is 0 Å². The smallest absolute Gasteiger partial charge is 0.153 e. The van der Waals surface area contributed by atoms with Crippen molar-refractivity contribution >= 4 is 21.2 Å². The molecule has 0 atom stereocenters. The number of nitrogens with one attached hydrogen (secondary N) is 1. The number of hydrogen-bond donors (Lipinski definition) is 1. The number of sulfone groups is 1. The highest BCUT2D eigenvalue weighted by Gasteiger charge is 2.29. The first kappa shape index (κ1) is 13.6. The quantitative estimate of drug-likeness (QED) is 0.780. The minimum Gasteiger partial charge on any atom is -0.315 e. The molecule has 1 N–H and O–H groups in total. The van der Waals surface area contributed by atoms with Crippen LogP contribution in [0, 0.1) is 0 Å². The fraction of sp³-hybridized carbons (Fsp3) is 0.700. The fourth-order valence-corrected chi connectivity index (χ4v) is 2.08. The van der Waals surface area contributed by atoms with Gasteiger partial charge in [-0.05, 0) is 13.8 Å². The maximum atomic E-state index is 11.4. The van der Waals surface area contributed by atoms with Gasteiger partial charge in [-0.3, -0.25) is 0 Å². The van der Waals surface area contributed by atoms with Gasteiger partial charge in [0.05, 0.1) is 9.75 Å². The molecule has 0 aliphatic heterocycles. The molecule has 1 heterocycles. The molecule has 0 aliphatic carbocycles. The van der Waals surface area contributed by atoms with Crippen molar-refractivity contribution in [2.45, 2.75) is 25.0 Å². The highest BCUT2D eigenvalue weighted by atomic mass is 32.2. The molecule has 0 aromatic carbocycles. The van der Waals surface area contributed by atoms with Gasteiger partial charge >= 0.3 is 0 Å². The predicted molar refractivity (Wildman–Crippen MR) is 67.6 cm³/mol. The zero-order valence-electron chi connectivity index (χ0n) is 9.86. The Morgan fingerprint density at radius 2 is 2.19 bits per heavy atom. The van der Waals surface area contributed by atoms with Crippen LogP contribution in [0.4, 0.5) is 0 Å². The number of nitrogens with zero attached hydrogens (tertiary/aromatic N) is 1. The lowest BCUT2D eigenvalue weighted by Gasteiger charge is -2.22. The van der Waals surface area contributed by atoms with Crippen molar-refractivity contribution in [1.29, 1.82) is 0 Å². The van der Waals surface area contributed by atoms with Crippen LogP contribution in [0.3, 0.4) is 0 Å². The monoisotopic (exact) mass is 262 g/mol. The Bertz CT molecular complexity index is 410. The van der Waals surface area contributed by atoms with E-state index >= 15 is 0 Å². The van der Waals surface area contributed by atoms with E-state index in [2.05, 4.69) is 10.3 Å². The molecular weight excluding hydrogens is 244 g/mol. The van der Waals surface area contributed by atoms with E-state index in [1.54, 1.807) is 31.4 Å². The summed E-state index contributed by atoms with van der Waals surface area (Å²) in [5.74, 6) is 0. The van der Waals surface area contributed by atoms with Crippen LogP contribution in [0.25, 0.3) is 0 Å². The highest BCUT2D eigenvalue weighted by molar-refractivity contribution is 7.92. The largest absolute Gasteiger partial charge is 0.315 e. The summed E-state index contributed by atoms with van der Waals surface area (Å²) in [5, 5.41) is 6.17. The molecule has 6 heteroatoms. The van der Waals surface area contributed by atoms with Crippen LogP contribution in [0.1, 0.15) is 18.9 Å². The zero-order valence-corrected chi connectivity index (χ0v) is 11.5. The summed E-state index contributed by atoms with van der Waals surface area (Å²) in [6, 6.07) is 0. The van der Waals surface area contributed by atoms with Gasteiger partial charge in [0.15, 0.2) is 9.84 Å². The normalized spacial score (nSPS) is 12.9. The van der Waals surface area contributed by atoms with Crippen molar-refractivity contribution in [3.05, 3.63) is 16.6 Å². The Hall–Kier alpha value is -0.460. The molecule has 0 radical (unpaired) electrons. The predicted octanol–water partition coefficient (Wildman–Crippen LogP) is 1.10. The van der Waals surface area contributed by atoms with E-state index in [1.165, 1.54) is 6.26 Å². The first-order valence-corrected chi connectivity index (χ1v) is 7.89. The molecule has 0 amide bonds. The minimum absolute atomic E-state index is 0.469. The van der Waals surface area contributed by atoms with Crippen LogP contribution in [0.15, 0.2) is 11.6 Å². The average molecular weight is 262 g/mol. The second kappa shape index (κ2) is 5.25. The number of hydrogen-bond acceptors (Lipinski definition) is 5. The summed E-state index contributed by atoms with van der Waals surface area (Å²) < 4.78 is 22.1. The molecule has 1 rings (SSSR count). The van der Waals surface area contributed by atoms with Crippen LogP contribution in [0.5, 0.6) is 0 Å². The van der Waals surface area contributed by atoms with E-state index in [9.17, 15) is 8.42 Å². The van der Waals surface area contributed by atoms with Crippen molar-refractivity contribution in [3.63, 3.8) is 0 Å². The van der Waals surface area contributed by atoms with Gasteiger partial charge in [0, 0.05) is 37.3 Å². The molecular formula is C10H18N2O2S2. The van der Waals surface area contributed by atoms with Gasteiger partial charge in [-0.15, -0.1) is 11.3 Å². The lowest BCUT2D eigenvalue weighted by Crippen LogP contribution is -2.42. The third kappa shape index (κ3) is 3.84. The van der Waals surface area contributed by atoms with E-state index in [0.29, 0.717) is 6.54 Å². The van der Waals surface area contributed by atoms with Crippen molar-refractivity contribution < 1.29 is 8.42 Å². The molecule has 0 saturated carbocycles. The Morgan fingerprint density at radius 1 is 1.50 bits per heavy atom. The molecule has 92 valence electrons. The lowest BCUT2D eigenvalue weighted by molar-refractivity contribution is 0.523. The fourth-order valence-electron chi connectivity index (χ4n) is 1.09. The SMILES string of the molecule is CC(C)(CNCCc1nccs1)S(C)(=O)=O. The van der Waals surface area contributed by atoms with Crippen molar-refractivity contribution in [3.8, 4) is 0 Å². The van der Waals surface area contributed by atoms with Gasteiger partial charge in [-0.25, -0.2) is 13.4 Å². The second-order valence-corrected chi connectivity index (χ2v) is 8.01. The van der Waals surface area contributed by atoms with Gasteiger partial charge in [-0.1, -0.05) is 0 Å². The Labute approximate surface area is 101 Å². The van der Waals surface area contributed by atoms with E-state index < -0.39 is 14.6 Å². The topological polar surface area (TPSA) is 59.1 Å². The van der Waals surface area contributed by atoms with Crippen molar-refractivity contribution in [2.75, 3.05) is 19.3 Å². The summed E-state index contributed by atoms with van der Waals surface area (Å²) in [6.45, 7) is 4.70. The van der Waals surface area contributed by atoms with Crippen molar-refractivity contribution in [2.24, 2.45) is 0 Å². The summed E-state index contributed by atoms with van der Waals surface area (Å²) >= 11 is 1.62. The summed E-state index contributed by atoms with van der Waals surface area (Å²) in [7, 11) is -3.01. The van der Waals surface area contributed by atoms with Crippen LogP contribution >= 0.6 is 11.3 Å². The first-order chi connectivity index (χ1) is 7.33. The highest BCUT2D eigenvalue weighted by Crippen LogP contribution is 2.13. The third-order valence-electron chi connectivity index (χ3n) is 2.55. The van der Waals surface area contributed by atoms with E-state index in [1.807, 2.05) is 5.38 Å². The van der Waals surface area contributed by atoms with E-state index in [0.717, 1.165) is 18.0 Å². The van der Waals surface area contributed by atoms with Crippen LogP contribution in [-0.2, 0) is 16.3 Å². The molecule has 0 fully saturated rings. The minimum atomic E-state index is -3.01. The van der Waals surface area contributed by atoms with E-state index in [-0.39, 0.29) is 0 Å². The summed E-state index contributed by atoms with van der Waals surface area (Å²) in [6.07, 6.45) is 3.90. The Balaban J connectivity index is 2.31. The van der Waals surface area contributed by atoms with Crippen LogP contribution in [-0.4, -0.2) is 37.5 Å². The standard InChI is InChI=1S/C10H18N2O2S2/c1-10(2,16(3,13)14)8-11-5-4-9-12-6-7-15-9/h6-7,11H,4-5,8H2,1-3H3.